The van der Waals surface area contributed by atoms with E-state index < -0.39 is 49.4 Å². The summed E-state index contributed by atoms with van der Waals surface area (Å²) in [6.07, 6.45) is -1.03. The van der Waals surface area contributed by atoms with E-state index in [1.807, 2.05) is 0 Å². The van der Waals surface area contributed by atoms with Gasteiger partial charge in [-0.1, -0.05) is 0 Å². The van der Waals surface area contributed by atoms with Crippen LogP contribution in [0.5, 0.6) is 0 Å². The summed E-state index contributed by atoms with van der Waals surface area (Å²) in [5.41, 5.74) is -3.10. The Kier molecular flexibility index (Phi) is 5.89. The molecule has 0 radical (unpaired) electrons. The van der Waals surface area contributed by atoms with Crippen molar-refractivity contribution >= 4 is 27.8 Å². The molecule has 1 aliphatic rings. The van der Waals surface area contributed by atoms with Crippen LogP contribution in [0, 0.1) is 15.9 Å². The average Bonchev–Trinajstić information content (AvgIpc) is 2.51. The SMILES string of the molecule is CCN1/C(=N/C(=O)OC(C)(C)C)N[C@](C)(c2cc([N+](=O)[O-])ccc2F)CS1(=O)=O. The Hall–Kier alpha value is -2.76. The van der Waals surface area contributed by atoms with Gasteiger partial charge in [0, 0.05) is 24.2 Å². The number of halogens is 1. The first-order chi connectivity index (χ1) is 13.2. The van der Waals surface area contributed by atoms with Gasteiger partial charge in [0.05, 0.1) is 16.2 Å². The number of sulfonamides is 1. The number of benzene rings is 1. The maximum atomic E-state index is 14.5. The quantitative estimate of drug-likeness (QED) is 0.576. The summed E-state index contributed by atoms with van der Waals surface area (Å²) in [7, 11) is -4.02. The molecule has 0 aliphatic carbocycles. The third-order valence-electron chi connectivity index (χ3n) is 4.06. The first-order valence-electron chi connectivity index (χ1n) is 8.73. The molecule has 0 bridgehead atoms. The lowest BCUT2D eigenvalue weighted by Crippen LogP contribution is -2.62. The number of aliphatic imine (C=N–C) groups is 1. The summed E-state index contributed by atoms with van der Waals surface area (Å²) in [4.78, 5) is 26.2. The Morgan fingerprint density at radius 2 is 2.07 bits per heavy atom. The van der Waals surface area contributed by atoms with Crippen molar-refractivity contribution in [3.05, 3.63) is 39.7 Å². The van der Waals surface area contributed by atoms with Gasteiger partial charge in [0.25, 0.3) is 5.69 Å². The summed E-state index contributed by atoms with van der Waals surface area (Å²) in [5.74, 6) is -1.78. The molecule has 1 heterocycles. The molecular formula is C17H23FN4O6S. The minimum absolute atomic E-state index is 0.0372. The van der Waals surface area contributed by atoms with Gasteiger partial charge in [-0.2, -0.15) is 0 Å². The van der Waals surface area contributed by atoms with Crippen LogP contribution in [0.2, 0.25) is 0 Å². The molecule has 10 nitrogen and oxygen atoms in total. The van der Waals surface area contributed by atoms with E-state index in [9.17, 15) is 27.7 Å². The number of hydrogen-bond acceptors (Lipinski definition) is 6. The van der Waals surface area contributed by atoms with Crippen molar-refractivity contribution in [1.29, 1.82) is 0 Å². The van der Waals surface area contributed by atoms with Crippen LogP contribution < -0.4 is 5.32 Å². The normalized spacial score (nSPS) is 22.8. The second-order valence-corrected chi connectivity index (χ2v) is 9.61. The molecular weight excluding hydrogens is 407 g/mol. The third kappa shape index (κ3) is 5.00. The number of non-ortho nitro benzene ring substituents is 1. The second kappa shape index (κ2) is 7.58. The highest BCUT2D eigenvalue weighted by Crippen LogP contribution is 2.32. The van der Waals surface area contributed by atoms with Gasteiger partial charge in [0.1, 0.15) is 11.4 Å². The maximum Gasteiger partial charge on any atom is 0.437 e. The fourth-order valence-corrected chi connectivity index (χ4v) is 4.77. The molecule has 1 fully saturated rings. The lowest BCUT2D eigenvalue weighted by Gasteiger charge is -2.41. The van der Waals surface area contributed by atoms with Crippen LogP contribution in [0.15, 0.2) is 23.2 Å². The van der Waals surface area contributed by atoms with Gasteiger partial charge in [-0.05, 0) is 40.7 Å². The van der Waals surface area contributed by atoms with Gasteiger partial charge in [-0.15, -0.1) is 4.99 Å². The molecule has 0 spiro atoms. The monoisotopic (exact) mass is 430 g/mol. The number of carbonyl (C=O) groups excluding carboxylic acids is 1. The zero-order valence-corrected chi connectivity index (χ0v) is 17.5. The number of rotatable bonds is 3. The van der Waals surface area contributed by atoms with Crippen molar-refractivity contribution in [3.63, 3.8) is 0 Å². The number of nitro benzene ring substituents is 1. The van der Waals surface area contributed by atoms with E-state index in [1.54, 1.807) is 27.7 Å². The Bertz CT molecular complexity index is 973. The zero-order chi connectivity index (χ0) is 22.2. The second-order valence-electron chi connectivity index (χ2n) is 7.72. The summed E-state index contributed by atoms with van der Waals surface area (Å²) in [6, 6.07) is 2.84. The molecule has 160 valence electrons. The Morgan fingerprint density at radius 3 is 2.59 bits per heavy atom. The van der Waals surface area contributed by atoms with Crippen LogP contribution >= 0.6 is 0 Å². The minimum atomic E-state index is -4.02. The molecule has 1 aliphatic heterocycles. The number of amides is 1. The van der Waals surface area contributed by atoms with E-state index in [0.717, 1.165) is 22.5 Å². The highest BCUT2D eigenvalue weighted by atomic mass is 32.2. The van der Waals surface area contributed by atoms with Crippen LogP contribution in [0.3, 0.4) is 0 Å². The van der Waals surface area contributed by atoms with Crippen molar-refractivity contribution in [2.24, 2.45) is 4.99 Å². The third-order valence-corrected chi connectivity index (χ3v) is 6.11. The van der Waals surface area contributed by atoms with E-state index >= 15 is 0 Å². The molecule has 12 heteroatoms. The highest BCUT2D eigenvalue weighted by molar-refractivity contribution is 7.89. The lowest BCUT2D eigenvalue weighted by molar-refractivity contribution is -0.385. The smallest absolute Gasteiger partial charge is 0.437 e. The lowest BCUT2D eigenvalue weighted by atomic mass is 9.93. The number of nitro groups is 1. The molecule has 0 unspecified atom stereocenters. The van der Waals surface area contributed by atoms with E-state index in [4.69, 9.17) is 4.74 Å². The van der Waals surface area contributed by atoms with Crippen LogP contribution in [0.25, 0.3) is 0 Å². The Labute approximate surface area is 167 Å². The Balaban J connectivity index is 2.57. The predicted molar refractivity (Wildman–Crippen MR) is 103 cm³/mol. The fraction of sp³-hybridized carbons (Fsp3) is 0.529. The predicted octanol–water partition coefficient (Wildman–Crippen LogP) is 2.50. The number of hydrogen-bond donors (Lipinski definition) is 1. The van der Waals surface area contributed by atoms with Crippen LogP contribution in [0.1, 0.15) is 40.2 Å². The van der Waals surface area contributed by atoms with Gasteiger partial charge in [-0.3, -0.25) is 10.1 Å². The zero-order valence-electron chi connectivity index (χ0n) is 16.7. The molecule has 1 atom stereocenters. The minimum Gasteiger partial charge on any atom is -0.442 e. The number of nitrogens with zero attached hydrogens (tertiary/aromatic N) is 3. The highest BCUT2D eigenvalue weighted by Gasteiger charge is 2.45. The van der Waals surface area contributed by atoms with Gasteiger partial charge >= 0.3 is 6.09 Å². The number of ether oxygens (including phenoxy) is 1. The van der Waals surface area contributed by atoms with Crippen molar-refractivity contribution in [1.82, 2.24) is 9.62 Å². The molecule has 1 saturated heterocycles. The fourth-order valence-electron chi connectivity index (χ4n) is 2.92. The van der Waals surface area contributed by atoms with Crippen LogP contribution in [-0.2, 0) is 20.3 Å². The molecule has 1 amide bonds. The summed E-state index contributed by atoms with van der Waals surface area (Å²) >= 11 is 0. The first kappa shape index (κ1) is 22.5. The van der Waals surface area contributed by atoms with Crippen molar-refractivity contribution in [2.45, 2.75) is 45.8 Å². The van der Waals surface area contributed by atoms with Crippen molar-refractivity contribution in [2.75, 3.05) is 12.3 Å². The topological polar surface area (TPSA) is 131 Å². The number of carbonyl (C=O) groups is 1. The number of nitrogens with one attached hydrogen (secondary N) is 1. The van der Waals surface area contributed by atoms with Crippen LogP contribution in [0.4, 0.5) is 14.9 Å². The summed E-state index contributed by atoms with van der Waals surface area (Å²) in [5, 5.41) is 13.8. The largest absolute Gasteiger partial charge is 0.442 e. The van der Waals surface area contributed by atoms with Crippen LogP contribution in [-0.4, -0.2) is 47.6 Å². The molecule has 0 aromatic heterocycles. The average molecular weight is 430 g/mol. The maximum absolute atomic E-state index is 14.5. The molecule has 2 rings (SSSR count). The molecule has 1 N–H and O–H groups in total. The van der Waals surface area contributed by atoms with Gasteiger partial charge < -0.3 is 10.1 Å². The molecule has 29 heavy (non-hydrogen) atoms. The van der Waals surface area contributed by atoms with Crippen molar-refractivity contribution in [3.8, 4) is 0 Å². The summed E-state index contributed by atoms with van der Waals surface area (Å²) in [6.45, 7) is 7.73. The van der Waals surface area contributed by atoms with Crippen molar-refractivity contribution < 1.29 is 27.3 Å². The van der Waals surface area contributed by atoms with E-state index in [1.165, 1.54) is 6.92 Å². The number of guanidine groups is 1. The molecule has 1 aromatic carbocycles. The molecule has 1 aromatic rings. The van der Waals surface area contributed by atoms with E-state index in [0.29, 0.717) is 0 Å². The van der Waals surface area contributed by atoms with E-state index in [-0.39, 0.29) is 18.1 Å². The Morgan fingerprint density at radius 1 is 1.45 bits per heavy atom. The molecule has 0 saturated carbocycles. The van der Waals surface area contributed by atoms with Gasteiger partial charge in [0.15, 0.2) is 0 Å². The summed E-state index contributed by atoms with van der Waals surface area (Å²) < 4.78 is 46.1. The van der Waals surface area contributed by atoms with Gasteiger partial charge in [-0.25, -0.2) is 21.9 Å². The van der Waals surface area contributed by atoms with E-state index in [2.05, 4.69) is 10.3 Å². The van der Waals surface area contributed by atoms with Gasteiger partial charge in [0.2, 0.25) is 16.0 Å². The standard InChI is InChI=1S/C17H23FN4O6S/c1-6-21-14(19-15(23)28-16(2,3)4)20-17(5,10-29(21,26)27)12-9-11(22(24)25)7-8-13(12)18/h7-9H,6,10H2,1-5H3,(H,19,20,23)/t17-/m0/s1. The first-order valence-corrected chi connectivity index (χ1v) is 10.3.